The predicted molar refractivity (Wildman–Crippen MR) is 76.9 cm³/mol. The van der Waals surface area contributed by atoms with E-state index in [0.717, 1.165) is 43.6 Å². The van der Waals surface area contributed by atoms with Crippen LogP contribution in [0.1, 0.15) is 30.9 Å². The maximum atomic E-state index is 10.0. The number of aromatic hydroxyl groups is 2. The molecule has 2 aliphatic rings. The summed E-state index contributed by atoms with van der Waals surface area (Å²) in [4.78, 5) is 2.47. The van der Waals surface area contributed by atoms with Crippen LogP contribution in [0.2, 0.25) is 0 Å². The van der Waals surface area contributed by atoms with Gasteiger partial charge in [-0.2, -0.15) is 0 Å². The molecule has 4 nitrogen and oxygen atoms in total. The molecule has 20 heavy (non-hydrogen) atoms. The number of likely N-dealkylation sites (tertiary alicyclic amines) is 1. The number of fused-ring (bicyclic) bond motifs is 1. The van der Waals surface area contributed by atoms with Gasteiger partial charge in [0, 0.05) is 12.0 Å². The molecule has 4 heteroatoms. The zero-order valence-electron chi connectivity index (χ0n) is 12.0. The van der Waals surface area contributed by atoms with Crippen LogP contribution < -0.4 is 0 Å². The number of rotatable bonds is 2. The van der Waals surface area contributed by atoms with Gasteiger partial charge in [0.25, 0.3) is 0 Å². The van der Waals surface area contributed by atoms with E-state index in [1.54, 1.807) is 0 Å². The molecule has 2 heterocycles. The van der Waals surface area contributed by atoms with Crippen molar-refractivity contribution >= 4 is 0 Å². The highest BCUT2D eigenvalue weighted by atomic mass is 16.5. The Morgan fingerprint density at radius 1 is 1.25 bits per heavy atom. The Kier molecular flexibility index (Phi) is 3.85. The standard InChI is InChI=1S/C16H23NO3/c1-2-17-7-5-11(6-8-17)15-9-13-12(10-20-15)3-4-14(18)16(13)19/h3-4,11,15,18-19H,2,5-10H2,1H3. The van der Waals surface area contributed by atoms with Gasteiger partial charge in [-0.3, -0.25) is 0 Å². The van der Waals surface area contributed by atoms with Crippen LogP contribution in [0.15, 0.2) is 12.1 Å². The molecule has 2 aliphatic heterocycles. The second-order valence-electron chi connectivity index (χ2n) is 5.90. The van der Waals surface area contributed by atoms with Crippen molar-refractivity contribution in [1.82, 2.24) is 4.90 Å². The topological polar surface area (TPSA) is 52.9 Å². The quantitative estimate of drug-likeness (QED) is 0.814. The van der Waals surface area contributed by atoms with Crippen molar-refractivity contribution in [3.05, 3.63) is 23.3 Å². The number of phenols is 2. The normalized spacial score (nSPS) is 24.6. The lowest BCUT2D eigenvalue weighted by atomic mass is 9.85. The minimum Gasteiger partial charge on any atom is -0.504 e. The smallest absolute Gasteiger partial charge is 0.161 e. The van der Waals surface area contributed by atoms with E-state index in [1.165, 1.54) is 6.07 Å². The molecule has 1 unspecified atom stereocenters. The molecule has 1 fully saturated rings. The fraction of sp³-hybridized carbons (Fsp3) is 0.625. The molecule has 3 rings (SSSR count). The van der Waals surface area contributed by atoms with Crippen LogP contribution in [0, 0.1) is 5.92 Å². The van der Waals surface area contributed by atoms with Crippen molar-refractivity contribution in [3.8, 4) is 11.5 Å². The van der Waals surface area contributed by atoms with E-state index in [9.17, 15) is 10.2 Å². The summed E-state index contributed by atoms with van der Waals surface area (Å²) in [6.45, 7) is 6.14. The van der Waals surface area contributed by atoms with E-state index in [2.05, 4.69) is 11.8 Å². The number of hydrogen-bond acceptors (Lipinski definition) is 4. The Balaban J connectivity index is 1.71. The molecule has 0 radical (unpaired) electrons. The fourth-order valence-electron chi connectivity index (χ4n) is 3.43. The van der Waals surface area contributed by atoms with Gasteiger partial charge in [0.2, 0.25) is 0 Å². The first kappa shape index (κ1) is 13.7. The lowest BCUT2D eigenvalue weighted by Crippen LogP contribution is -2.40. The molecule has 1 aromatic rings. The predicted octanol–water partition coefficient (Wildman–Crippen LogP) is 2.27. The van der Waals surface area contributed by atoms with Gasteiger partial charge in [0.15, 0.2) is 11.5 Å². The third-order valence-corrected chi connectivity index (χ3v) is 4.82. The molecule has 1 atom stereocenters. The molecule has 1 aromatic carbocycles. The van der Waals surface area contributed by atoms with E-state index in [-0.39, 0.29) is 17.6 Å². The monoisotopic (exact) mass is 277 g/mol. The maximum Gasteiger partial charge on any atom is 0.161 e. The molecule has 2 N–H and O–H groups in total. The van der Waals surface area contributed by atoms with Gasteiger partial charge in [-0.1, -0.05) is 13.0 Å². The Hall–Kier alpha value is -1.26. The molecule has 0 aliphatic carbocycles. The van der Waals surface area contributed by atoms with Gasteiger partial charge >= 0.3 is 0 Å². The van der Waals surface area contributed by atoms with Gasteiger partial charge in [0.1, 0.15) is 0 Å². The number of piperidine rings is 1. The Morgan fingerprint density at radius 3 is 2.70 bits per heavy atom. The summed E-state index contributed by atoms with van der Waals surface area (Å²) in [6.07, 6.45) is 3.21. The molecule has 0 saturated carbocycles. The minimum absolute atomic E-state index is 0.0230. The summed E-state index contributed by atoms with van der Waals surface area (Å²) in [5.41, 5.74) is 1.88. The lowest BCUT2D eigenvalue weighted by molar-refractivity contribution is -0.0284. The molecule has 0 aromatic heterocycles. The highest BCUT2D eigenvalue weighted by molar-refractivity contribution is 5.49. The van der Waals surface area contributed by atoms with E-state index in [0.29, 0.717) is 18.9 Å². The summed E-state index contributed by atoms with van der Waals surface area (Å²) in [5.74, 6) is 0.583. The third kappa shape index (κ3) is 2.50. The SMILES string of the molecule is CCN1CCC(C2Cc3c(ccc(O)c3O)CO2)CC1. The zero-order chi connectivity index (χ0) is 14.1. The van der Waals surface area contributed by atoms with Gasteiger partial charge in [0.05, 0.1) is 12.7 Å². The lowest BCUT2D eigenvalue weighted by Gasteiger charge is -2.37. The second-order valence-corrected chi connectivity index (χ2v) is 5.90. The van der Waals surface area contributed by atoms with Gasteiger partial charge < -0.3 is 19.8 Å². The Morgan fingerprint density at radius 2 is 2.00 bits per heavy atom. The highest BCUT2D eigenvalue weighted by Gasteiger charge is 2.31. The van der Waals surface area contributed by atoms with Crippen LogP contribution in [0.3, 0.4) is 0 Å². The average molecular weight is 277 g/mol. The Bertz CT molecular complexity index is 481. The van der Waals surface area contributed by atoms with Gasteiger partial charge in [-0.05, 0) is 50.0 Å². The van der Waals surface area contributed by atoms with Gasteiger partial charge in [-0.25, -0.2) is 0 Å². The maximum absolute atomic E-state index is 10.0. The van der Waals surface area contributed by atoms with E-state index in [1.807, 2.05) is 6.07 Å². The van der Waals surface area contributed by atoms with Crippen molar-refractivity contribution in [2.75, 3.05) is 19.6 Å². The number of phenolic OH excluding ortho intramolecular Hbond substituents is 2. The Labute approximate surface area is 120 Å². The highest BCUT2D eigenvalue weighted by Crippen LogP contribution is 2.38. The van der Waals surface area contributed by atoms with Crippen molar-refractivity contribution in [1.29, 1.82) is 0 Å². The van der Waals surface area contributed by atoms with Crippen molar-refractivity contribution < 1.29 is 14.9 Å². The summed E-state index contributed by atoms with van der Waals surface area (Å²) >= 11 is 0. The number of hydrogen-bond donors (Lipinski definition) is 2. The van der Waals surface area contributed by atoms with Crippen LogP contribution in [-0.2, 0) is 17.8 Å². The zero-order valence-corrected chi connectivity index (χ0v) is 12.0. The first-order valence-electron chi connectivity index (χ1n) is 7.55. The molecular formula is C16H23NO3. The summed E-state index contributed by atoms with van der Waals surface area (Å²) in [5, 5.41) is 19.7. The fourth-order valence-corrected chi connectivity index (χ4v) is 3.43. The van der Waals surface area contributed by atoms with Crippen LogP contribution in [-0.4, -0.2) is 40.9 Å². The largest absolute Gasteiger partial charge is 0.504 e. The summed E-state index contributed by atoms with van der Waals surface area (Å²) in [6, 6.07) is 3.39. The van der Waals surface area contributed by atoms with Crippen LogP contribution in [0.5, 0.6) is 11.5 Å². The number of nitrogens with zero attached hydrogens (tertiary/aromatic N) is 1. The molecule has 0 amide bonds. The first-order valence-corrected chi connectivity index (χ1v) is 7.55. The molecular weight excluding hydrogens is 254 g/mol. The average Bonchev–Trinajstić information content (AvgIpc) is 2.51. The van der Waals surface area contributed by atoms with Crippen LogP contribution in [0.4, 0.5) is 0 Å². The molecule has 110 valence electrons. The molecule has 0 bridgehead atoms. The number of benzene rings is 1. The van der Waals surface area contributed by atoms with Gasteiger partial charge in [-0.15, -0.1) is 0 Å². The van der Waals surface area contributed by atoms with Crippen molar-refractivity contribution in [3.63, 3.8) is 0 Å². The minimum atomic E-state index is -0.0230. The van der Waals surface area contributed by atoms with E-state index in [4.69, 9.17) is 4.74 Å². The molecule has 1 saturated heterocycles. The van der Waals surface area contributed by atoms with Crippen molar-refractivity contribution in [2.24, 2.45) is 5.92 Å². The third-order valence-electron chi connectivity index (χ3n) is 4.82. The van der Waals surface area contributed by atoms with Crippen molar-refractivity contribution in [2.45, 2.75) is 38.9 Å². The summed E-state index contributed by atoms with van der Waals surface area (Å²) < 4.78 is 6.00. The van der Waals surface area contributed by atoms with Crippen LogP contribution in [0.25, 0.3) is 0 Å². The first-order chi connectivity index (χ1) is 9.69. The second kappa shape index (κ2) is 5.62. The van der Waals surface area contributed by atoms with E-state index < -0.39 is 0 Å². The molecule has 0 spiro atoms. The summed E-state index contributed by atoms with van der Waals surface area (Å²) in [7, 11) is 0. The van der Waals surface area contributed by atoms with Crippen LogP contribution >= 0.6 is 0 Å². The number of ether oxygens (including phenoxy) is 1. The van der Waals surface area contributed by atoms with E-state index >= 15 is 0 Å².